The zero-order valence-corrected chi connectivity index (χ0v) is 12.5. The molecule has 0 aromatic carbocycles. The van der Waals surface area contributed by atoms with Gasteiger partial charge in [-0.15, -0.1) is 11.3 Å². The molecule has 6 heteroatoms. The summed E-state index contributed by atoms with van der Waals surface area (Å²) in [5.74, 6) is 0.0669. The van der Waals surface area contributed by atoms with Gasteiger partial charge in [0.25, 0.3) is 5.91 Å². The number of aromatic nitrogens is 2. The number of nitrogens with zero attached hydrogens (tertiary/aromatic N) is 2. The van der Waals surface area contributed by atoms with E-state index in [2.05, 4.69) is 22.2 Å². The van der Waals surface area contributed by atoms with Crippen molar-refractivity contribution in [3.63, 3.8) is 0 Å². The lowest BCUT2D eigenvalue weighted by molar-refractivity contribution is 0.0650. The van der Waals surface area contributed by atoms with Gasteiger partial charge in [0, 0.05) is 42.8 Å². The maximum absolute atomic E-state index is 12.5. The molecule has 0 unspecified atom stereocenters. The van der Waals surface area contributed by atoms with Crippen LogP contribution in [-0.2, 0) is 0 Å². The van der Waals surface area contributed by atoms with E-state index < -0.39 is 0 Å². The van der Waals surface area contributed by atoms with Crippen molar-refractivity contribution >= 4 is 17.2 Å². The number of piperazine rings is 1. The van der Waals surface area contributed by atoms with E-state index in [0.717, 1.165) is 35.9 Å². The number of thiazole rings is 1. The molecule has 0 aliphatic carbocycles. The standard InChI is InChI=1S/C14H18N4OS/c1-9-6-15-3-4-18(9)14(19)12-5-11(7-16-12)13-8-20-10(2)17-13/h5,7-9,15-16H,3-4,6H2,1-2H3/t9-/m1/s1. The van der Waals surface area contributed by atoms with Crippen LogP contribution in [0.3, 0.4) is 0 Å². The molecule has 1 atom stereocenters. The number of H-pyrrole nitrogens is 1. The summed E-state index contributed by atoms with van der Waals surface area (Å²) in [7, 11) is 0. The van der Waals surface area contributed by atoms with Crippen molar-refractivity contribution < 1.29 is 4.79 Å². The van der Waals surface area contributed by atoms with E-state index in [1.54, 1.807) is 11.3 Å². The predicted molar refractivity (Wildman–Crippen MR) is 80.0 cm³/mol. The molecule has 2 N–H and O–H groups in total. The maximum Gasteiger partial charge on any atom is 0.270 e. The van der Waals surface area contributed by atoms with Gasteiger partial charge in [-0.05, 0) is 19.9 Å². The number of rotatable bonds is 2. The fourth-order valence-corrected chi connectivity index (χ4v) is 3.08. The topological polar surface area (TPSA) is 61.0 Å². The number of aromatic amines is 1. The Morgan fingerprint density at radius 2 is 2.40 bits per heavy atom. The number of carbonyl (C=O) groups is 1. The monoisotopic (exact) mass is 290 g/mol. The largest absolute Gasteiger partial charge is 0.357 e. The third kappa shape index (κ3) is 2.48. The number of hydrogen-bond acceptors (Lipinski definition) is 4. The summed E-state index contributed by atoms with van der Waals surface area (Å²) in [6.45, 7) is 6.51. The van der Waals surface area contributed by atoms with Gasteiger partial charge in [-0.25, -0.2) is 4.98 Å². The van der Waals surface area contributed by atoms with Crippen molar-refractivity contribution in [1.29, 1.82) is 0 Å². The van der Waals surface area contributed by atoms with E-state index in [0.29, 0.717) is 5.69 Å². The van der Waals surface area contributed by atoms with Crippen molar-refractivity contribution in [2.24, 2.45) is 0 Å². The number of nitrogens with one attached hydrogen (secondary N) is 2. The first-order valence-electron chi connectivity index (χ1n) is 6.78. The van der Waals surface area contributed by atoms with Gasteiger partial charge in [-0.3, -0.25) is 4.79 Å². The van der Waals surface area contributed by atoms with E-state index in [-0.39, 0.29) is 11.9 Å². The van der Waals surface area contributed by atoms with Crippen molar-refractivity contribution in [2.75, 3.05) is 19.6 Å². The Balaban J connectivity index is 1.81. The fourth-order valence-electron chi connectivity index (χ4n) is 2.46. The highest BCUT2D eigenvalue weighted by Gasteiger charge is 2.25. The molecule has 0 spiro atoms. The maximum atomic E-state index is 12.5. The van der Waals surface area contributed by atoms with Crippen LogP contribution in [0, 0.1) is 6.92 Å². The molecule has 20 heavy (non-hydrogen) atoms. The van der Waals surface area contributed by atoms with E-state index >= 15 is 0 Å². The first-order valence-corrected chi connectivity index (χ1v) is 7.65. The molecule has 2 aromatic rings. The van der Waals surface area contributed by atoms with Crippen LogP contribution in [0.15, 0.2) is 17.6 Å². The molecule has 5 nitrogen and oxygen atoms in total. The molecular weight excluding hydrogens is 272 g/mol. The van der Waals surface area contributed by atoms with Crippen molar-refractivity contribution in [3.8, 4) is 11.3 Å². The van der Waals surface area contributed by atoms with E-state index in [9.17, 15) is 4.79 Å². The van der Waals surface area contributed by atoms with E-state index in [4.69, 9.17) is 0 Å². The predicted octanol–water partition coefficient (Wildman–Crippen LogP) is 1.88. The lowest BCUT2D eigenvalue weighted by Crippen LogP contribution is -2.52. The van der Waals surface area contributed by atoms with E-state index in [1.165, 1.54) is 0 Å². The summed E-state index contributed by atoms with van der Waals surface area (Å²) in [6, 6.07) is 2.12. The molecule has 1 fully saturated rings. The highest BCUT2D eigenvalue weighted by Crippen LogP contribution is 2.23. The van der Waals surface area contributed by atoms with Gasteiger partial charge in [0.2, 0.25) is 0 Å². The Morgan fingerprint density at radius 1 is 1.55 bits per heavy atom. The van der Waals surface area contributed by atoms with Crippen LogP contribution in [0.5, 0.6) is 0 Å². The van der Waals surface area contributed by atoms with Crippen LogP contribution < -0.4 is 5.32 Å². The van der Waals surface area contributed by atoms with Crippen LogP contribution in [0.4, 0.5) is 0 Å². The van der Waals surface area contributed by atoms with Crippen molar-refractivity contribution in [2.45, 2.75) is 19.9 Å². The molecule has 3 rings (SSSR count). The Kier molecular flexibility index (Phi) is 3.58. The molecule has 3 heterocycles. The van der Waals surface area contributed by atoms with Crippen molar-refractivity contribution in [1.82, 2.24) is 20.2 Å². The van der Waals surface area contributed by atoms with Gasteiger partial charge in [-0.1, -0.05) is 0 Å². The zero-order chi connectivity index (χ0) is 14.1. The molecule has 106 valence electrons. The van der Waals surface area contributed by atoms with E-state index in [1.807, 2.05) is 29.5 Å². The summed E-state index contributed by atoms with van der Waals surface area (Å²) >= 11 is 1.62. The Bertz CT molecular complexity index is 618. The molecule has 0 saturated carbocycles. The third-order valence-corrected chi connectivity index (χ3v) is 4.36. The molecule has 1 amide bonds. The van der Waals surface area contributed by atoms with Crippen LogP contribution in [-0.4, -0.2) is 46.5 Å². The van der Waals surface area contributed by atoms with Gasteiger partial charge in [0.15, 0.2) is 0 Å². The second kappa shape index (κ2) is 5.38. The average molecular weight is 290 g/mol. The van der Waals surface area contributed by atoms with Gasteiger partial charge in [0.1, 0.15) is 5.69 Å². The molecule has 0 bridgehead atoms. The number of amides is 1. The highest BCUT2D eigenvalue weighted by molar-refractivity contribution is 7.09. The summed E-state index contributed by atoms with van der Waals surface area (Å²) < 4.78 is 0. The Hall–Kier alpha value is -1.66. The smallest absolute Gasteiger partial charge is 0.270 e. The summed E-state index contributed by atoms with van der Waals surface area (Å²) in [4.78, 5) is 22.0. The second-order valence-electron chi connectivity index (χ2n) is 5.11. The van der Waals surface area contributed by atoms with Gasteiger partial charge in [-0.2, -0.15) is 0 Å². The minimum absolute atomic E-state index is 0.0669. The minimum Gasteiger partial charge on any atom is -0.357 e. The van der Waals surface area contributed by atoms with Crippen LogP contribution in [0.25, 0.3) is 11.3 Å². The lowest BCUT2D eigenvalue weighted by atomic mass is 10.2. The molecule has 1 saturated heterocycles. The highest BCUT2D eigenvalue weighted by atomic mass is 32.1. The summed E-state index contributed by atoms with van der Waals surface area (Å²) in [6.07, 6.45) is 1.86. The Morgan fingerprint density at radius 3 is 3.10 bits per heavy atom. The normalized spacial score (nSPS) is 19.3. The number of aryl methyl sites for hydroxylation is 1. The lowest BCUT2D eigenvalue weighted by Gasteiger charge is -2.33. The zero-order valence-electron chi connectivity index (χ0n) is 11.6. The summed E-state index contributed by atoms with van der Waals surface area (Å²) in [5.41, 5.74) is 2.54. The fraction of sp³-hybridized carbons (Fsp3) is 0.429. The van der Waals surface area contributed by atoms with Crippen molar-refractivity contribution in [3.05, 3.63) is 28.3 Å². The molecule has 0 radical (unpaired) electrons. The molecule has 1 aliphatic heterocycles. The number of hydrogen-bond donors (Lipinski definition) is 2. The molecular formula is C14H18N4OS. The second-order valence-corrected chi connectivity index (χ2v) is 6.17. The minimum atomic E-state index is 0.0669. The number of carbonyl (C=O) groups excluding carboxylic acids is 1. The third-order valence-electron chi connectivity index (χ3n) is 3.59. The summed E-state index contributed by atoms with van der Waals surface area (Å²) in [5, 5.41) is 6.34. The van der Waals surface area contributed by atoms with Crippen LogP contribution in [0.2, 0.25) is 0 Å². The SMILES string of the molecule is Cc1nc(-c2c[nH]c(C(=O)N3CCNC[C@H]3C)c2)cs1. The van der Waals surface area contributed by atoms with Crippen LogP contribution >= 0.6 is 11.3 Å². The van der Waals surface area contributed by atoms with Gasteiger partial charge < -0.3 is 15.2 Å². The first-order chi connectivity index (χ1) is 9.65. The Labute approximate surface area is 122 Å². The van der Waals surface area contributed by atoms with Gasteiger partial charge in [0.05, 0.1) is 10.7 Å². The van der Waals surface area contributed by atoms with Gasteiger partial charge >= 0.3 is 0 Å². The first kappa shape index (κ1) is 13.3. The average Bonchev–Trinajstić information content (AvgIpc) is 3.07. The quantitative estimate of drug-likeness (QED) is 0.888. The van der Waals surface area contributed by atoms with Crippen LogP contribution in [0.1, 0.15) is 22.4 Å². The molecule has 1 aliphatic rings. The molecule has 2 aromatic heterocycles.